The van der Waals surface area contributed by atoms with Gasteiger partial charge in [-0.15, -0.1) is 24.0 Å². The Hall–Kier alpha value is -1.35. The van der Waals surface area contributed by atoms with Crippen LogP contribution in [-0.2, 0) is 6.54 Å². The lowest BCUT2D eigenvalue weighted by Gasteiger charge is -2.20. The van der Waals surface area contributed by atoms with Crippen LogP contribution in [0.2, 0.25) is 5.02 Å². The minimum Gasteiger partial charge on any atom is -0.370 e. The number of rotatable bonds is 3. The highest BCUT2D eigenvalue weighted by atomic mass is 127. The van der Waals surface area contributed by atoms with E-state index >= 15 is 0 Å². The Morgan fingerprint density at radius 2 is 1.95 bits per heavy atom. The molecule has 1 heterocycles. The molecule has 0 atom stereocenters. The van der Waals surface area contributed by atoms with Gasteiger partial charge in [-0.05, 0) is 45.0 Å². The van der Waals surface area contributed by atoms with Crippen molar-refractivity contribution >= 4 is 41.5 Å². The van der Waals surface area contributed by atoms with E-state index in [0.717, 1.165) is 5.56 Å². The zero-order valence-electron chi connectivity index (χ0n) is 12.6. The molecule has 0 aliphatic carbocycles. The molecule has 3 N–H and O–H groups in total. The summed E-state index contributed by atoms with van der Waals surface area (Å²) in [6.45, 7) is 6.23. The second kappa shape index (κ2) is 7.77. The summed E-state index contributed by atoms with van der Waals surface area (Å²) in [5, 5.41) is 7.63. The van der Waals surface area contributed by atoms with Gasteiger partial charge in [0.25, 0.3) is 0 Å². The zero-order valence-corrected chi connectivity index (χ0v) is 15.7. The Balaban J connectivity index is 0.00000242. The van der Waals surface area contributed by atoms with Crippen molar-refractivity contribution in [1.82, 2.24) is 15.5 Å². The van der Waals surface area contributed by atoms with E-state index in [2.05, 4.69) is 20.4 Å². The molecule has 0 bridgehead atoms. The second-order valence-corrected chi connectivity index (χ2v) is 6.03. The molecule has 0 radical (unpaired) electrons. The summed E-state index contributed by atoms with van der Waals surface area (Å²) in [6.07, 6.45) is 0. The summed E-state index contributed by atoms with van der Waals surface area (Å²) in [5.41, 5.74) is 6.47. The van der Waals surface area contributed by atoms with Crippen molar-refractivity contribution in [3.05, 3.63) is 35.2 Å². The standard InChI is InChI=1S/C14H18ClN5O.HI/c1-14(2,3)19-13(16)17-8-11-18-12(20-21-11)9-4-6-10(15)7-5-9;/h4-7H,8H2,1-3H3,(H3,16,17,19);1H. The summed E-state index contributed by atoms with van der Waals surface area (Å²) in [6, 6.07) is 7.21. The maximum absolute atomic E-state index is 5.84. The summed E-state index contributed by atoms with van der Waals surface area (Å²) >= 11 is 5.84. The van der Waals surface area contributed by atoms with Crippen molar-refractivity contribution in [1.29, 1.82) is 0 Å². The third-order valence-corrected chi connectivity index (χ3v) is 2.71. The number of aromatic nitrogens is 2. The molecule has 0 saturated heterocycles. The molecule has 8 heteroatoms. The summed E-state index contributed by atoms with van der Waals surface area (Å²) in [5.74, 6) is 1.24. The number of nitrogens with zero attached hydrogens (tertiary/aromatic N) is 3. The minimum absolute atomic E-state index is 0. The third-order valence-electron chi connectivity index (χ3n) is 2.46. The first-order chi connectivity index (χ1) is 9.83. The van der Waals surface area contributed by atoms with Crippen molar-refractivity contribution in [3.63, 3.8) is 0 Å². The van der Waals surface area contributed by atoms with E-state index in [0.29, 0.717) is 22.7 Å². The molecular formula is C14H19ClIN5O. The van der Waals surface area contributed by atoms with Crippen LogP contribution in [0.25, 0.3) is 11.4 Å². The number of hydrogen-bond donors (Lipinski definition) is 2. The zero-order chi connectivity index (χ0) is 15.5. The van der Waals surface area contributed by atoms with Crippen LogP contribution in [0.1, 0.15) is 26.7 Å². The molecule has 1 aromatic heterocycles. The topological polar surface area (TPSA) is 89.3 Å². The Kier molecular flexibility index (Phi) is 6.61. The van der Waals surface area contributed by atoms with Crippen LogP contribution < -0.4 is 11.1 Å². The first-order valence-corrected chi connectivity index (χ1v) is 6.88. The van der Waals surface area contributed by atoms with Crippen molar-refractivity contribution < 1.29 is 4.52 Å². The smallest absolute Gasteiger partial charge is 0.248 e. The number of halogens is 2. The average molecular weight is 436 g/mol. The molecule has 0 aliphatic heterocycles. The molecule has 6 nitrogen and oxygen atoms in total. The minimum atomic E-state index is -0.142. The largest absolute Gasteiger partial charge is 0.370 e. The summed E-state index contributed by atoms with van der Waals surface area (Å²) < 4.78 is 5.15. The maximum atomic E-state index is 5.84. The maximum Gasteiger partial charge on any atom is 0.248 e. The van der Waals surface area contributed by atoms with Crippen LogP contribution in [0, 0.1) is 0 Å². The molecule has 0 aliphatic rings. The lowest BCUT2D eigenvalue weighted by molar-refractivity contribution is 0.380. The van der Waals surface area contributed by atoms with Gasteiger partial charge < -0.3 is 15.6 Å². The van der Waals surface area contributed by atoms with Gasteiger partial charge in [0.1, 0.15) is 6.54 Å². The summed E-state index contributed by atoms with van der Waals surface area (Å²) in [4.78, 5) is 8.43. The van der Waals surface area contributed by atoms with E-state index in [1.165, 1.54) is 0 Å². The second-order valence-electron chi connectivity index (χ2n) is 5.60. The normalized spacial score (nSPS) is 11.9. The van der Waals surface area contributed by atoms with Crippen LogP contribution in [-0.4, -0.2) is 21.6 Å². The fourth-order valence-corrected chi connectivity index (χ4v) is 1.74. The first kappa shape index (κ1) is 18.7. The van der Waals surface area contributed by atoms with E-state index in [4.69, 9.17) is 21.9 Å². The summed E-state index contributed by atoms with van der Waals surface area (Å²) in [7, 11) is 0. The lowest BCUT2D eigenvalue weighted by atomic mass is 10.1. The average Bonchev–Trinajstić information content (AvgIpc) is 2.84. The molecule has 22 heavy (non-hydrogen) atoms. The molecule has 120 valence electrons. The van der Waals surface area contributed by atoms with E-state index in [9.17, 15) is 0 Å². The van der Waals surface area contributed by atoms with Crippen LogP contribution in [0.3, 0.4) is 0 Å². The highest BCUT2D eigenvalue weighted by Crippen LogP contribution is 2.18. The van der Waals surface area contributed by atoms with Crippen LogP contribution in [0.5, 0.6) is 0 Å². The molecule has 1 aromatic carbocycles. The van der Waals surface area contributed by atoms with Gasteiger partial charge in [-0.3, -0.25) is 0 Å². The van der Waals surface area contributed by atoms with Gasteiger partial charge in [-0.1, -0.05) is 16.8 Å². The fourth-order valence-electron chi connectivity index (χ4n) is 1.61. The van der Waals surface area contributed by atoms with Crippen molar-refractivity contribution in [3.8, 4) is 11.4 Å². The predicted molar refractivity (Wildman–Crippen MR) is 98.4 cm³/mol. The number of aliphatic imine (C=N–C) groups is 1. The van der Waals surface area contributed by atoms with Gasteiger partial charge >= 0.3 is 0 Å². The predicted octanol–water partition coefficient (Wildman–Crippen LogP) is 3.21. The number of nitrogens with one attached hydrogen (secondary N) is 1. The molecule has 0 fully saturated rings. The lowest BCUT2D eigenvalue weighted by Crippen LogP contribution is -2.44. The Bertz CT molecular complexity index is 633. The highest BCUT2D eigenvalue weighted by Gasteiger charge is 2.11. The quantitative estimate of drug-likeness (QED) is 0.439. The van der Waals surface area contributed by atoms with E-state index in [-0.39, 0.29) is 36.1 Å². The van der Waals surface area contributed by atoms with Gasteiger partial charge in [-0.2, -0.15) is 4.98 Å². The van der Waals surface area contributed by atoms with Crippen LogP contribution in [0.4, 0.5) is 0 Å². The Morgan fingerprint density at radius 3 is 2.55 bits per heavy atom. The molecule has 2 aromatic rings. The number of nitrogens with two attached hydrogens (primary N) is 1. The van der Waals surface area contributed by atoms with Crippen molar-refractivity contribution in [2.75, 3.05) is 0 Å². The van der Waals surface area contributed by atoms with Crippen molar-refractivity contribution in [2.45, 2.75) is 32.9 Å². The van der Waals surface area contributed by atoms with Gasteiger partial charge in [0.2, 0.25) is 11.7 Å². The first-order valence-electron chi connectivity index (χ1n) is 6.50. The Labute approximate surface area is 151 Å². The van der Waals surface area contributed by atoms with Crippen molar-refractivity contribution in [2.24, 2.45) is 10.7 Å². The van der Waals surface area contributed by atoms with Crippen LogP contribution in [0.15, 0.2) is 33.8 Å². The van der Waals surface area contributed by atoms with Gasteiger partial charge in [0.05, 0.1) is 0 Å². The van der Waals surface area contributed by atoms with Crippen LogP contribution >= 0.6 is 35.6 Å². The van der Waals surface area contributed by atoms with Gasteiger partial charge in [0, 0.05) is 16.1 Å². The van der Waals surface area contributed by atoms with E-state index in [1.807, 2.05) is 32.9 Å². The number of benzene rings is 1. The SMILES string of the molecule is CC(C)(C)NC(N)=NCc1nc(-c2ccc(Cl)cc2)no1.I. The van der Waals surface area contributed by atoms with Gasteiger partial charge in [-0.25, -0.2) is 4.99 Å². The third kappa shape index (κ3) is 5.80. The molecule has 2 rings (SSSR count). The number of guanidine groups is 1. The number of hydrogen-bond acceptors (Lipinski definition) is 4. The van der Waals surface area contributed by atoms with E-state index < -0.39 is 0 Å². The molecule has 0 unspecified atom stereocenters. The molecule has 0 spiro atoms. The van der Waals surface area contributed by atoms with Gasteiger partial charge in [0.15, 0.2) is 5.96 Å². The van der Waals surface area contributed by atoms with E-state index in [1.54, 1.807) is 12.1 Å². The highest BCUT2D eigenvalue weighted by molar-refractivity contribution is 14.0. The monoisotopic (exact) mass is 435 g/mol. The molecule has 0 amide bonds. The fraction of sp³-hybridized carbons (Fsp3) is 0.357. The molecular weight excluding hydrogens is 417 g/mol. The molecule has 0 saturated carbocycles. The Morgan fingerprint density at radius 1 is 1.32 bits per heavy atom.